The topological polar surface area (TPSA) is 75.0 Å². The number of benzene rings is 1. The number of nitriles is 1. The van der Waals surface area contributed by atoms with Crippen molar-refractivity contribution < 1.29 is 9.53 Å². The Bertz CT molecular complexity index is 677. The van der Waals surface area contributed by atoms with E-state index >= 15 is 0 Å². The van der Waals surface area contributed by atoms with Gasteiger partial charge in [-0.25, -0.2) is 4.98 Å². The van der Waals surface area contributed by atoms with Gasteiger partial charge in [-0.1, -0.05) is 12.1 Å². The molecule has 1 heterocycles. The first kappa shape index (κ1) is 14.5. The fraction of sp³-hybridized carbons (Fsp3) is 0.188. The van der Waals surface area contributed by atoms with E-state index in [-0.39, 0.29) is 5.91 Å². The van der Waals surface area contributed by atoms with Crippen LogP contribution in [0.4, 0.5) is 0 Å². The summed E-state index contributed by atoms with van der Waals surface area (Å²) in [4.78, 5) is 16.2. The Morgan fingerprint density at radius 1 is 1.38 bits per heavy atom. The maximum Gasteiger partial charge on any atom is 0.251 e. The minimum Gasteiger partial charge on any atom is -0.478 e. The van der Waals surface area contributed by atoms with Crippen LogP contribution in [-0.4, -0.2) is 17.5 Å². The normalized spacial score (nSPS) is 9.71. The van der Waals surface area contributed by atoms with Crippen LogP contribution >= 0.6 is 0 Å². The van der Waals surface area contributed by atoms with Crippen LogP contribution in [0.1, 0.15) is 28.4 Å². The summed E-state index contributed by atoms with van der Waals surface area (Å²) in [6.07, 6.45) is 1.65. The zero-order chi connectivity index (χ0) is 15.1. The van der Waals surface area contributed by atoms with Gasteiger partial charge in [0.05, 0.1) is 18.2 Å². The Kier molecular flexibility index (Phi) is 4.89. The molecule has 5 nitrogen and oxygen atoms in total. The lowest BCUT2D eigenvalue weighted by atomic mass is 10.1. The van der Waals surface area contributed by atoms with Crippen LogP contribution in [0.3, 0.4) is 0 Å². The number of hydrogen-bond acceptors (Lipinski definition) is 4. The summed E-state index contributed by atoms with van der Waals surface area (Å²) in [5.41, 5.74) is 1.72. The largest absolute Gasteiger partial charge is 0.478 e. The summed E-state index contributed by atoms with van der Waals surface area (Å²) in [5, 5.41) is 11.6. The van der Waals surface area contributed by atoms with Crippen molar-refractivity contribution in [2.75, 3.05) is 6.61 Å². The van der Waals surface area contributed by atoms with Crippen LogP contribution < -0.4 is 10.1 Å². The van der Waals surface area contributed by atoms with Crippen molar-refractivity contribution in [1.82, 2.24) is 10.3 Å². The second-order valence-corrected chi connectivity index (χ2v) is 4.28. The summed E-state index contributed by atoms with van der Waals surface area (Å²) in [7, 11) is 0. The molecule has 2 aromatic rings. The van der Waals surface area contributed by atoms with Crippen molar-refractivity contribution in [3.05, 3.63) is 59.3 Å². The molecule has 0 spiro atoms. The van der Waals surface area contributed by atoms with Gasteiger partial charge in [0, 0.05) is 23.9 Å². The number of carbonyl (C=O) groups excluding carboxylic acids is 1. The quantitative estimate of drug-likeness (QED) is 0.912. The Hall–Kier alpha value is -2.87. The number of amides is 1. The summed E-state index contributed by atoms with van der Waals surface area (Å²) in [5.74, 6) is 0.282. The average Bonchev–Trinajstić information content (AvgIpc) is 2.54. The number of ether oxygens (including phenoxy) is 1. The van der Waals surface area contributed by atoms with Crippen molar-refractivity contribution >= 4 is 5.91 Å². The summed E-state index contributed by atoms with van der Waals surface area (Å²) in [6, 6.07) is 12.2. The van der Waals surface area contributed by atoms with E-state index in [1.54, 1.807) is 36.5 Å². The second-order valence-electron chi connectivity index (χ2n) is 4.28. The molecule has 0 saturated carbocycles. The Labute approximate surface area is 123 Å². The number of nitrogens with zero attached hydrogens (tertiary/aromatic N) is 2. The average molecular weight is 281 g/mol. The molecule has 0 bridgehead atoms. The highest BCUT2D eigenvalue weighted by molar-refractivity contribution is 5.94. The van der Waals surface area contributed by atoms with Gasteiger partial charge in [0.25, 0.3) is 5.91 Å². The lowest BCUT2D eigenvalue weighted by Crippen LogP contribution is -2.23. The molecule has 1 aromatic carbocycles. The molecule has 2 rings (SSSR count). The number of aromatic nitrogens is 1. The van der Waals surface area contributed by atoms with E-state index in [2.05, 4.69) is 10.3 Å². The van der Waals surface area contributed by atoms with Crippen molar-refractivity contribution in [3.63, 3.8) is 0 Å². The Morgan fingerprint density at radius 3 is 3.00 bits per heavy atom. The van der Waals surface area contributed by atoms with Gasteiger partial charge in [0.15, 0.2) is 0 Å². The lowest BCUT2D eigenvalue weighted by molar-refractivity contribution is 0.0950. The molecule has 0 unspecified atom stereocenters. The fourth-order valence-corrected chi connectivity index (χ4v) is 1.83. The number of carbonyl (C=O) groups is 1. The SMILES string of the molecule is CCOc1ncccc1CNC(=O)c1cccc(C#N)c1. The van der Waals surface area contributed by atoms with Crippen molar-refractivity contribution in [2.45, 2.75) is 13.5 Å². The molecule has 0 fully saturated rings. The Morgan fingerprint density at radius 2 is 2.24 bits per heavy atom. The van der Waals surface area contributed by atoms with Crippen LogP contribution in [0.25, 0.3) is 0 Å². The van der Waals surface area contributed by atoms with Gasteiger partial charge in [0.2, 0.25) is 5.88 Å². The molecular weight excluding hydrogens is 266 g/mol. The molecule has 0 aliphatic rings. The first-order chi connectivity index (χ1) is 10.2. The third kappa shape index (κ3) is 3.80. The summed E-state index contributed by atoms with van der Waals surface area (Å²) < 4.78 is 5.41. The van der Waals surface area contributed by atoms with Gasteiger partial charge in [-0.15, -0.1) is 0 Å². The summed E-state index contributed by atoms with van der Waals surface area (Å²) in [6.45, 7) is 2.71. The molecule has 5 heteroatoms. The van der Waals surface area contributed by atoms with Gasteiger partial charge in [-0.3, -0.25) is 4.79 Å². The molecular formula is C16H15N3O2. The van der Waals surface area contributed by atoms with Crippen LogP contribution in [0, 0.1) is 11.3 Å². The molecule has 0 aliphatic heterocycles. The standard InChI is InChI=1S/C16H15N3O2/c1-2-21-16-14(7-4-8-18-16)11-19-15(20)13-6-3-5-12(9-13)10-17/h3-9H,2,11H2,1H3,(H,19,20). The molecule has 0 radical (unpaired) electrons. The minimum atomic E-state index is -0.238. The summed E-state index contributed by atoms with van der Waals surface area (Å²) >= 11 is 0. The molecule has 0 saturated heterocycles. The highest BCUT2D eigenvalue weighted by Crippen LogP contribution is 2.14. The zero-order valence-corrected chi connectivity index (χ0v) is 11.7. The fourth-order valence-electron chi connectivity index (χ4n) is 1.83. The van der Waals surface area contributed by atoms with E-state index in [9.17, 15) is 4.79 Å². The van der Waals surface area contributed by atoms with E-state index in [1.807, 2.05) is 19.1 Å². The zero-order valence-electron chi connectivity index (χ0n) is 11.7. The number of nitrogens with one attached hydrogen (secondary N) is 1. The monoisotopic (exact) mass is 281 g/mol. The second kappa shape index (κ2) is 7.06. The molecule has 0 atom stereocenters. The van der Waals surface area contributed by atoms with E-state index in [0.29, 0.717) is 30.2 Å². The van der Waals surface area contributed by atoms with Crippen molar-refractivity contribution in [1.29, 1.82) is 5.26 Å². The van der Waals surface area contributed by atoms with Gasteiger partial charge < -0.3 is 10.1 Å². The number of hydrogen-bond donors (Lipinski definition) is 1. The van der Waals surface area contributed by atoms with Crippen molar-refractivity contribution in [3.8, 4) is 11.9 Å². The maximum atomic E-state index is 12.1. The number of pyridine rings is 1. The maximum absolute atomic E-state index is 12.1. The van der Waals surface area contributed by atoms with E-state index in [4.69, 9.17) is 10.00 Å². The predicted octanol–water partition coefficient (Wildman–Crippen LogP) is 2.28. The molecule has 1 aromatic heterocycles. The van der Waals surface area contributed by atoms with Gasteiger partial charge in [-0.2, -0.15) is 5.26 Å². The molecule has 1 amide bonds. The third-order valence-corrected chi connectivity index (χ3v) is 2.82. The molecule has 106 valence electrons. The lowest BCUT2D eigenvalue weighted by Gasteiger charge is -2.09. The number of rotatable bonds is 5. The van der Waals surface area contributed by atoms with Gasteiger partial charge >= 0.3 is 0 Å². The minimum absolute atomic E-state index is 0.238. The highest BCUT2D eigenvalue weighted by Gasteiger charge is 2.09. The molecule has 21 heavy (non-hydrogen) atoms. The predicted molar refractivity (Wildman–Crippen MR) is 77.7 cm³/mol. The smallest absolute Gasteiger partial charge is 0.251 e. The third-order valence-electron chi connectivity index (χ3n) is 2.82. The van der Waals surface area contributed by atoms with Crippen molar-refractivity contribution in [2.24, 2.45) is 0 Å². The highest BCUT2D eigenvalue weighted by atomic mass is 16.5. The first-order valence-corrected chi connectivity index (χ1v) is 6.59. The van der Waals surface area contributed by atoms with Gasteiger partial charge in [-0.05, 0) is 31.2 Å². The van der Waals surface area contributed by atoms with Crippen LogP contribution in [-0.2, 0) is 6.54 Å². The van der Waals surface area contributed by atoms with Crippen LogP contribution in [0.5, 0.6) is 5.88 Å². The molecule has 0 aliphatic carbocycles. The van der Waals surface area contributed by atoms with Gasteiger partial charge in [0.1, 0.15) is 0 Å². The molecule has 1 N–H and O–H groups in total. The van der Waals surface area contributed by atoms with Crippen LogP contribution in [0.2, 0.25) is 0 Å². The first-order valence-electron chi connectivity index (χ1n) is 6.59. The van der Waals surface area contributed by atoms with Crippen LogP contribution in [0.15, 0.2) is 42.6 Å². The van der Waals surface area contributed by atoms with E-state index in [1.165, 1.54) is 0 Å². The Balaban J connectivity index is 2.06. The van der Waals surface area contributed by atoms with E-state index in [0.717, 1.165) is 5.56 Å². The van der Waals surface area contributed by atoms with E-state index < -0.39 is 0 Å².